The van der Waals surface area contributed by atoms with E-state index in [1.54, 1.807) is 0 Å². The summed E-state index contributed by atoms with van der Waals surface area (Å²) in [6.45, 7) is 1.50. The van der Waals surface area contributed by atoms with Gasteiger partial charge in [0, 0.05) is 12.5 Å². The fraction of sp³-hybridized carbons (Fsp3) is 0.250. The van der Waals surface area contributed by atoms with E-state index >= 15 is 0 Å². The van der Waals surface area contributed by atoms with Gasteiger partial charge in [-0.15, -0.1) is 13.2 Å². The second-order valence-corrected chi connectivity index (χ2v) is 7.76. The molecule has 1 heterocycles. The summed E-state index contributed by atoms with van der Waals surface area (Å²) < 4.78 is 41.5. The minimum atomic E-state index is -4.81. The fourth-order valence-corrected chi connectivity index (χ4v) is 3.61. The van der Waals surface area contributed by atoms with Crippen molar-refractivity contribution in [3.05, 3.63) is 54.1 Å². The Morgan fingerprint density at radius 3 is 2.52 bits per heavy atom. The van der Waals surface area contributed by atoms with Gasteiger partial charge in [-0.25, -0.2) is 4.98 Å². The third-order valence-electron chi connectivity index (χ3n) is 4.15. The van der Waals surface area contributed by atoms with Crippen LogP contribution in [0.4, 0.5) is 18.3 Å². The lowest BCUT2D eigenvalue weighted by molar-refractivity contribution is -0.274. The molecule has 0 saturated carbocycles. The van der Waals surface area contributed by atoms with E-state index in [-0.39, 0.29) is 17.3 Å². The van der Waals surface area contributed by atoms with Crippen LogP contribution in [0.2, 0.25) is 0 Å². The Morgan fingerprint density at radius 1 is 1.16 bits per heavy atom. The third kappa shape index (κ3) is 6.40. The molecule has 0 bridgehead atoms. The quantitative estimate of drug-likeness (QED) is 0.511. The number of amides is 2. The van der Waals surface area contributed by atoms with Gasteiger partial charge in [-0.1, -0.05) is 41.7 Å². The van der Waals surface area contributed by atoms with Gasteiger partial charge in [0.15, 0.2) is 5.13 Å². The number of nitrogens with two attached hydrogens (primary N) is 1. The number of ether oxygens (including phenoxy) is 1. The van der Waals surface area contributed by atoms with Gasteiger partial charge >= 0.3 is 6.36 Å². The van der Waals surface area contributed by atoms with Crippen LogP contribution in [0.25, 0.3) is 10.2 Å². The number of hydrogen-bond acceptors (Lipinski definition) is 6. The Kier molecular flexibility index (Phi) is 6.76. The summed E-state index contributed by atoms with van der Waals surface area (Å²) in [5.74, 6) is -1.40. The van der Waals surface area contributed by atoms with Crippen molar-refractivity contribution >= 4 is 38.5 Å². The highest BCUT2D eigenvalue weighted by molar-refractivity contribution is 7.22. The van der Waals surface area contributed by atoms with Gasteiger partial charge in [0.05, 0.1) is 16.3 Å². The maximum atomic E-state index is 12.8. The third-order valence-corrected chi connectivity index (χ3v) is 5.09. The smallest absolute Gasteiger partial charge is 0.406 e. The van der Waals surface area contributed by atoms with E-state index in [2.05, 4.69) is 20.4 Å². The molecule has 0 fully saturated rings. The molecular weight excluding hydrogens is 433 g/mol. The van der Waals surface area contributed by atoms with Crippen LogP contribution in [0.15, 0.2) is 48.5 Å². The van der Waals surface area contributed by atoms with Crippen LogP contribution in [-0.2, 0) is 16.0 Å². The van der Waals surface area contributed by atoms with Gasteiger partial charge in [0.2, 0.25) is 11.8 Å². The number of carbonyl (C=O) groups is 2. The van der Waals surface area contributed by atoms with Gasteiger partial charge in [-0.2, -0.15) is 0 Å². The van der Waals surface area contributed by atoms with Crippen LogP contribution in [-0.4, -0.2) is 35.2 Å². The highest BCUT2D eigenvalue weighted by atomic mass is 32.1. The lowest BCUT2D eigenvalue weighted by Gasteiger charge is -2.19. The second-order valence-electron chi connectivity index (χ2n) is 6.73. The Balaban J connectivity index is 1.78. The topological polar surface area (TPSA) is 106 Å². The minimum absolute atomic E-state index is 0.178. The largest absolute Gasteiger partial charge is 0.573 e. The lowest BCUT2D eigenvalue weighted by Crippen LogP contribution is -2.50. The van der Waals surface area contributed by atoms with Crippen LogP contribution >= 0.6 is 11.3 Å². The predicted octanol–water partition coefficient (Wildman–Crippen LogP) is 3.21. The number of alkyl halides is 3. The number of nitrogens with zero attached hydrogens (tertiary/aromatic N) is 1. The number of aromatic nitrogens is 1. The van der Waals surface area contributed by atoms with Crippen molar-refractivity contribution in [2.75, 3.05) is 5.32 Å². The van der Waals surface area contributed by atoms with Crippen LogP contribution in [0.5, 0.6) is 5.75 Å². The summed E-state index contributed by atoms with van der Waals surface area (Å²) in [5.41, 5.74) is 6.82. The maximum absolute atomic E-state index is 12.8. The van der Waals surface area contributed by atoms with Crippen molar-refractivity contribution in [1.29, 1.82) is 0 Å². The first-order chi connectivity index (χ1) is 14.6. The zero-order valence-corrected chi connectivity index (χ0v) is 17.1. The number of benzene rings is 2. The molecule has 0 saturated heterocycles. The average molecular weight is 452 g/mol. The summed E-state index contributed by atoms with van der Waals surface area (Å²) in [6.07, 6.45) is -4.59. The molecule has 0 aliphatic rings. The molecule has 2 amide bonds. The summed E-state index contributed by atoms with van der Waals surface area (Å²) in [7, 11) is 0. The molecule has 31 heavy (non-hydrogen) atoms. The minimum Gasteiger partial charge on any atom is -0.406 e. The summed E-state index contributed by atoms with van der Waals surface area (Å²) >= 11 is 0.987. The van der Waals surface area contributed by atoms with Crippen molar-refractivity contribution in [2.24, 2.45) is 5.73 Å². The fourth-order valence-electron chi connectivity index (χ4n) is 2.71. The number of halogens is 3. The molecule has 0 radical (unpaired) electrons. The highest BCUT2D eigenvalue weighted by Crippen LogP contribution is 2.31. The molecule has 3 rings (SSSR count). The Bertz CT molecular complexity index is 1070. The first-order valence-electron chi connectivity index (χ1n) is 9.18. The van der Waals surface area contributed by atoms with Gasteiger partial charge in [0.1, 0.15) is 11.8 Å². The number of thiazole rings is 1. The monoisotopic (exact) mass is 452 g/mol. The van der Waals surface area contributed by atoms with Crippen LogP contribution in [0.1, 0.15) is 12.5 Å². The van der Waals surface area contributed by atoms with E-state index in [4.69, 9.17) is 5.73 Å². The number of hydrogen-bond donors (Lipinski definition) is 3. The van der Waals surface area contributed by atoms with Crippen LogP contribution < -0.4 is 21.1 Å². The molecule has 0 aliphatic heterocycles. The van der Waals surface area contributed by atoms with Crippen molar-refractivity contribution in [2.45, 2.75) is 31.8 Å². The van der Waals surface area contributed by atoms with E-state index in [1.165, 1.54) is 19.1 Å². The molecule has 11 heteroatoms. The molecule has 7 nitrogen and oxygen atoms in total. The number of carbonyl (C=O) groups excluding carboxylic acids is 2. The van der Waals surface area contributed by atoms with Gasteiger partial charge in [0.25, 0.3) is 0 Å². The molecule has 0 spiro atoms. The van der Waals surface area contributed by atoms with Crippen molar-refractivity contribution < 1.29 is 27.5 Å². The molecule has 2 atom stereocenters. The summed E-state index contributed by atoms with van der Waals surface area (Å²) in [4.78, 5) is 29.1. The molecule has 1 aromatic heterocycles. The normalized spacial score (nSPS) is 13.5. The van der Waals surface area contributed by atoms with E-state index < -0.39 is 30.3 Å². The first kappa shape index (κ1) is 22.5. The standard InChI is InChI=1S/C20H19F3N4O3S/c1-11(24)17(28)25-15(9-12-5-3-2-4-6-12)18(29)27-19-26-14-8-7-13(10-16(14)31-19)30-20(21,22)23/h2-8,10-11,15H,9,24H2,1H3,(H,25,28)(H,26,27,29)/t11-,15+/m1/s1. The molecule has 0 unspecified atom stereocenters. The van der Waals surface area contributed by atoms with E-state index in [0.29, 0.717) is 10.2 Å². The number of nitrogens with one attached hydrogen (secondary N) is 2. The lowest BCUT2D eigenvalue weighted by atomic mass is 10.0. The van der Waals surface area contributed by atoms with E-state index in [1.807, 2.05) is 30.3 Å². The molecule has 3 aromatic rings. The van der Waals surface area contributed by atoms with Crippen LogP contribution in [0.3, 0.4) is 0 Å². The van der Waals surface area contributed by atoms with Crippen molar-refractivity contribution in [3.63, 3.8) is 0 Å². The second kappa shape index (κ2) is 9.31. The SMILES string of the molecule is C[C@@H](N)C(=O)N[C@@H](Cc1ccccc1)C(=O)Nc1nc2ccc(OC(F)(F)F)cc2s1. The van der Waals surface area contributed by atoms with Crippen LogP contribution in [0, 0.1) is 0 Å². The molecular formula is C20H19F3N4O3S. The Hall–Kier alpha value is -3.18. The van der Waals surface area contributed by atoms with Gasteiger partial charge in [-0.05, 0) is 24.6 Å². The van der Waals surface area contributed by atoms with Gasteiger partial charge < -0.3 is 21.1 Å². The zero-order chi connectivity index (χ0) is 22.6. The molecule has 2 aromatic carbocycles. The average Bonchev–Trinajstić information content (AvgIpc) is 3.08. The Morgan fingerprint density at radius 2 is 1.87 bits per heavy atom. The highest BCUT2D eigenvalue weighted by Gasteiger charge is 2.31. The van der Waals surface area contributed by atoms with Crippen molar-refractivity contribution in [3.8, 4) is 5.75 Å². The van der Waals surface area contributed by atoms with Gasteiger partial charge in [-0.3, -0.25) is 9.59 Å². The van der Waals surface area contributed by atoms with E-state index in [9.17, 15) is 22.8 Å². The molecule has 4 N–H and O–H groups in total. The summed E-state index contributed by atoms with van der Waals surface area (Å²) in [6, 6.07) is 11.1. The van der Waals surface area contributed by atoms with E-state index in [0.717, 1.165) is 23.0 Å². The zero-order valence-electron chi connectivity index (χ0n) is 16.3. The summed E-state index contributed by atoms with van der Waals surface area (Å²) in [5, 5.41) is 5.40. The maximum Gasteiger partial charge on any atom is 0.573 e. The molecule has 0 aliphatic carbocycles. The number of anilines is 1. The first-order valence-corrected chi connectivity index (χ1v) is 9.99. The number of fused-ring (bicyclic) bond motifs is 1. The predicted molar refractivity (Wildman–Crippen MR) is 111 cm³/mol. The number of rotatable bonds is 7. The van der Waals surface area contributed by atoms with Crippen molar-refractivity contribution in [1.82, 2.24) is 10.3 Å². The Labute approximate surface area is 179 Å². The molecule has 164 valence electrons.